The number of likely N-dealkylation sites (tertiary alicyclic amines) is 1. The molecule has 0 aromatic heterocycles. The van der Waals surface area contributed by atoms with E-state index in [1.54, 1.807) is 19.1 Å². The molecule has 1 heterocycles. The summed E-state index contributed by atoms with van der Waals surface area (Å²) in [4.78, 5) is 14.2. The van der Waals surface area contributed by atoms with E-state index in [1.165, 1.54) is 6.07 Å². The molecule has 1 aromatic carbocycles. The van der Waals surface area contributed by atoms with Gasteiger partial charge in [-0.25, -0.2) is 4.39 Å². The molecule has 0 bridgehead atoms. The SMILES string of the molecule is Cc1ccc(NC(=O)CN2CCCCC2CCO)cc1F. The zero-order valence-electron chi connectivity index (χ0n) is 12.4. The highest BCUT2D eigenvalue weighted by molar-refractivity contribution is 5.92. The molecule has 0 spiro atoms. The van der Waals surface area contributed by atoms with Gasteiger partial charge in [0.05, 0.1) is 6.54 Å². The molecule has 1 unspecified atom stereocenters. The third-order valence-corrected chi connectivity index (χ3v) is 4.01. The van der Waals surface area contributed by atoms with E-state index < -0.39 is 0 Å². The molecule has 1 saturated heterocycles. The molecule has 5 heteroatoms. The number of nitrogens with one attached hydrogen (secondary N) is 1. The van der Waals surface area contributed by atoms with Crippen LogP contribution in [-0.2, 0) is 4.79 Å². The number of aliphatic hydroxyl groups is 1. The number of hydrogen-bond donors (Lipinski definition) is 2. The molecule has 1 aromatic rings. The van der Waals surface area contributed by atoms with E-state index >= 15 is 0 Å². The topological polar surface area (TPSA) is 52.6 Å². The van der Waals surface area contributed by atoms with Gasteiger partial charge in [-0.15, -0.1) is 0 Å². The van der Waals surface area contributed by atoms with Gasteiger partial charge in [-0.1, -0.05) is 12.5 Å². The van der Waals surface area contributed by atoms with Gasteiger partial charge in [0.25, 0.3) is 0 Å². The van der Waals surface area contributed by atoms with E-state index in [9.17, 15) is 9.18 Å². The number of anilines is 1. The van der Waals surface area contributed by atoms with Gasteiger partial charge >= 0.3 is 0 Å². The number of amides is 1. The van der Waals surface area contributed by atoms with E-state index in [4.69, 9.17) is 5.11 Å². The Morgan fingerprint density at radius 3 is 3.00 bits per heavy atom. The molecule has 4 nitrogen and oxygen atoms in total. The molecule has 1 amide bonds. The Kier molecular flexibility index (Phi) is 5.70. The van der Waals surface area contributed by atoms with Crippen molar-refractivity contribution in [2.45, 2.75) is 38.6 Å². The lowest BCUT2D eigenvalue weighted by molar-refractivity contribution is -0.118. The number of aryl methyl sites for hydroxylation is 1. The number of aliphatic hydroxyl groups excluding tert-OH is 1. The molecule has 0 saturated carbocycles. The Hall–Kier alpha value is -1.46. The van der Waals surface area contributed by atoms with E-state index in [0.29, 0.717) is 24.2 Å². The van der Waals surface area contributed by atoms with Crippen molar-refractivity contribution >= 4 is 11.6 Å². The fourth-order valence-corrected chi connectivity index (χ4v) is 2.80. The minimum absolute atomic E-state index is 0.136. The average Bonchev–Trinajstić information content (AvgIpc) is 2.45. The van der Waals surface area contributed by atoms with Crippen molar-refractivity contribution in [2.75, 3.05) is 25.0 Å². The van der Waals surface area contributed by atoms with Crippen LogP contribution in [0.3, 0.4) is 0 Å². The number of benzene rings is 1. The number of rotatable bonds is 5. The number of carbonyl (C=O) groups is 1. The molecule has 2 rings (SSSR count). The van der Waals surface area contributed by atoms with Crippen LogP contribution in [0.25, 0.3) is 0 Å². The van der Waals surface area contributed by atoms with Crippen LogP contribution in [0, 0.1) is 12.7 Å². The summed E-state index contributed by atoms with van der Waals surface area (Å²) in [5.41, 5.74) is 1.05. The summed E-state index contributed by atoms with van der Waals surface area (Å²) in [6.07, 6.45) is 3.94. The smallest absolute Gasteiger partial charge is 0.238 e. The number of halogens is 1. The van der Waals surface area contributed by atoms with Crippen LogP contribution in [0.4, 0.5) is 10.1 Å². The van der Waals surface area contributed by atoms with Crippen LogP contribution >= 0.6 is 0 Å². The van der Waals surface area contributed by atoms with Crippen molar-refractivity contribution in [1.82, 2.24) is 4.90 Å². The van der Waals surface area contributed by atoms with Crippen LogP contribution in [-0.4, -0.2) is 41.7 Å². The van der Waals surface area contributed by atoms with Gasteiger partial charge in [-0.3, -0.25) is 9.69 Å². The molecule has 1 fully saturated rings. The van der Waals surface area contributed by atoms with E-state index in [-0.39, 0.29) is 24.4 Å². The molecule has 0 radical (unpaired) electrons. The highest BCUT2D eigenvalue weighted by atomic mass is 19.1. The molecule has 1 aliphatic heterocycles. The first-order valence-corrected chi connectivity index (χ1v) is 7.51. The summed E-state index contributed by atoms with van der Waals surface area (Å²) in [6, 6.07) is 4.97. The first-order valence-electron chi connectivity index (χ1n) is 7.51. The van der Waals surface area contributed by atoms with Crippen molar-refractivity contribution in [3.63, 3.8) is 0 Å². The highest BCUT2D eigenvalue weighted by Gasteiger charge is 2.23. The van der Waals surface area contributed by atoms with Crippen LogP contribution in [0.15, 0.2) is 18.2 Å². The molecule has 2 N–H and O–H groups in total. The molecule has 1 atom stereocenters. The van der Waals surface area contributed by atoms with Gasteiger partial charge in [-0.05, 0) is 50.4 Å². The molecule has 1 aliphatic rings. The predicted molar refractivity (Wildman–Crippen MR) is 80.7 cm³/mol. The summed E-state index contributed by atoms with van der Waals surface area (Å²) in [6.45, 7) is 3.00. The van der Waals surface area contributed by atoms with Crippen LogP contribution in [0.5, 0.6) is 0 Å². The van der Waals surface area contributed by atoms with Gasteiger partial charge in [0, 0.05) is 18.3 Å². The maximum absolute atomic E-state index is 13.5. The number of carbonyl (C=O) groups excluding carboxylic acids is 1. The first-order chi connectivity index (χ1) is 10.1. The van der Waals surface area contributed by atoms with Gasteiger partial charge in [-0.2, -0.15) is 0 Å². The summed E-state index contributed by atoms with van der Waals surface area (Å²) in [5, 5.41) is 11.8. The zero-order valence-corrected chi connectivity index (χ0v) is 12.4. The van der Waals surface area contributed by atoms with Crippen LogP contribution in [0.1, 0.15) is 31.2 Å². The summed E-state index contributed by atoms with van der Waals surface area (Å²) < 4.78 is 13.5. The minimum atomic E-state index is -0.316. The standard InChI is InChI=1S/C16H23FN2O2/c1-12-5-6-13(10-15(12)17)18-16(21)11-19-8-3-2-4-14(19)7-9-20/h5-6,10,14,20H,2-4,7-9,11H2,1H3,(H,18,21). The molecular weight excluding hydrogens is 271 g/mol. The number of hydrogen-bond acceptors (Lipinski definition) is 3. The summed E-state index contributed by atoms with van der Waals surface area (Å²) >= 11 is 0. The lowest BCUT2D eigenvalue weighted by Crippen LogP contribution is -2.44. The second-order valence-corrected chi connectivity index (χ2v) is 5.64. The maximum Gasteiger partial charge on any atom is 0.238 e. The monoisotopic (exact) mass is 294 g/mol. The molecule has 21 heavy (non-hydrogen) atoms. The predicted octanol–water partition coefficient (Wildman–Crippen LogP) is 2.31. The summed E-state index contributed by atoms with van der Waals surface area (Å²) in [5.74, 6) is -0.452. The lowest BCUT2D eigenvalue weighted by atomic mass is 9.99. The number of nitrogens with zero attached hydrogens (tertiary/aromatic N) is 1. The molecular formula is C16H23FN2O2. The Labute approximate surface area is 125 Å². The normalized spacial score (nSPS) is 19.5. The summed E-state index contributed by atoms with van der Waals surface area (Å²) in [7, 11) is 0. The van der Waals surface area contributed by atoms with Crippen molar-refractivity contribution in [3.8, 4) is 0 Å². The Morgan fingerprint density at radius 2 is 2.29 bits per heavy atom. The largest absolute Gasteiger partial charge is 0.396 e. The van der Waals surface area contributed by atoms with Gasteiger partial charge < -0.3 is 10.4 Å². The zero-order chi connectivity index (χ0) is 15.2. The van der Waals surface area contributed by atoms with Crippen LogP contribution < -0.4 is 5.32 Å². The van der Waals surface area contributed by atoms with Crippen molar-refractivity contribution in [2.24, 2.45) is 0 Å². The molecule has 116 valence electrons. The van der Waals surface area contributed by atoms with Crippen LogP contribution in [0.2, 0.25) is 0 Å². The average molecular weight is 294 g/mol. The number of piperidine rings is 1. The second-order valence-electron chi connectivity index (χ2n) is 5.64. The highest BCUT2D eigenvalue weighted by Crippen LogP contribution is 2.19. The second kappa shape index (κ2) is 7.52. The maximum atomic E-state index is 13.5. The van der Waals surface area contributed by atoms with Crippen molar-refractivity contribution in [3.05, 3.63) is 29.6 Å². The molecule has 0 aliphatic carbocycles. The third kappa shape index (κ3) is 4.51. The van der Waals surface area contributed by atoms with Gasteiger partial charge in [0.15, 0.2) is 0 Å². The Morgan fingerprint density at radius 1 is 1.48 bits per heavy atom. The van der Waals surface area contributed by atoms with E-state index in [0.717, 1.165) is 25.8 Å². The van der Waals surface area contributed by atoms with Gasteiger partial charge in [0.1, 0.15) is 5.82 Å². The Bertz CT molecular complexity index is 491. The fraction of sp³-hybridized carbons (Fsp3) is 0.562. The van der Waals surface area contributed by atoms with Crippen molar-refractivity contribution < 1.29 is 14.3 Å². The quantitative estimate of drug-likeness (QED) is 0.876. The van der Waals surface area contributed by atoms with E-state index in [2.05, 4.69) is 10.2 Å². The minimum Gasteiger partial charge on any atom is -0.396 e. The first kappa shape index (κ1) is 15.9. The van der Waals surface area contributed by atoms with E-state index in [1.807, 2.05) is 0 Å². The Balaban J connectivity index is 1.92. The third-order valence-electron chi connectivity index (χ3n) is 4.01. The lowest BCUT2D eigenvalue weighted by Gasteiger charge is -2.34. The van der Waals surface area contributed by atoms with Crippen molar-refractivity contribution in [1.29, 1.82) is 0 Å². The van der Waals surface area contributed by atoms with Gasteiger partial charge in [0.2, 0.25) is 5.91 Å². The fourth-order valence-electron chi connectivity index (χ4n) is 2.80.